The van der Waals surface area contributed by atoms with Gasteiger partial charge >= 0.3 is 0 Å². The molecule has 2 amide bonds. The van der Waals surface area contributed by atoms with Gasteiger partial charge in [-0.2, -0.15) is 0 Å². The predicted molar refractivity (Wildman–Crippen MR) is 102 cm³/mol. The number of carbonyl (C=O) groups is 2. The largest absolute Gasteiger partial charge is 0.489 e. The van der Waals surface area contributed by atoms with Crippen molar-refractivity contribution < 1.29 is 14.3 Å². The molecule has 0 saturated carbocycles. The first-order valence-corrected chi connectivity index (χ1v) is 8.67. The zero-order valence-corrected chi connectivity index (χ0v) is 15.9. The summed E-state index contributed by atoms with van der Waals surface area (Å²) in [5.41, 5.74) is 6.09. The van der Waals surface area contributed by atoms with Crippen molar-refractivity contribution >= 4 is 23.4 Å². The minimum atomic E-state index is -0.363. The van der Waals surface area contributed by atoms with Gasteiger partial charge in [-0.1, -0.05) is 44.5 Å². The second kappa shape index (κ2) is 8.72. The maximum Gasteiger partial charge on any atom is 0.269 e. The highest BCUT2D eigenvalue weighted by molar-refractivity contribution is 6.30. The van der Waals surface area contributed by atoms with Crippen molar-refractivity contribution in [3.8, 4) is 5.75 Å². The van der Waals surface area contributed by atoms with Gasteiger partial charge in [-0.3, -0.25) is 20.4 Å². The zero-order chi connectivity index (χ0) is 19.2. The Kier molecular flexibility index (Phi) is 6.64. The van der Waals surface area contributed by atoms with Crippen LogP contribution >= 0.6 is 11.6 Å². The number of hydrazine groups is 1. The summed E-state index contributed by atoms with van der Waals surface area (Å²) in [6, 6.07) is 14.1. The maximum absolute atomic E-state index is 12.1. The van der Waals surface area contributed by atoms with E-state index < -0.39 is 0 Å². The topological polar surface area (TPSA) is 67.4 Å². The molecule has 2 rings (SSSR count). The average molecular weight is 375 g/mol. The Bertz CT molecular complexity index is 750. The van der Waals surface area contributed by atoms with Gasteiger partial charge in [-0.25, -0.2) is 0 Å². The van der Waals surface area contributed by atoms with E-state index in [4.69, 9.17) is 16.3 Å². The molecule has 0 atom stereocenters. The summed E-state index contributed by atoms with van der Waals surface area (Å²) in [6.45, 7) is 6.25. The minimum absolute atomic E-state index is 0.138. The quantitative estimate of drug-likeness (QED) is 0.774. The number of amides is 2. The van der Waals surface area contributed by atoms with Crippen LogP contribution < -0.4 is 15.6 Å². The van der Waals surface area contributed by atoms with Gasteiger partial charge in [0.15, 0.2) is 0 Å². The van der Waals surface area contributed by atoms with Crippen LogP contribution in [0, 0.1) is 5.41 Å². The third kappa shape index (κ3) is 6.76. The molecule has 0 heterocycles. The lowest BCUT2D eigenvalue weighted by Crippen LogP contribution is -2.42. The molecule has 138 valence electrons. The Labute approximate surface area is 158 Å². The van der Waals surface area contributed by atoms with Gasteiger partial charge in [0.25, 0.3) is 5.91 Å². The van der Waals surface area contributed by atoms with Crippen molar-refractivity contribution in [3.05, 3.63) is 64.7 Å². The van der Waals surface area contributed by atoms with E-state index in [0.717, 1.165) is 11.3 Å². The van der Waals surface area contributed by atoms with Crippen molar-refractivity contribution in [2.45, 2.75) is 33.8 Å². The first-order valence-electron chi connectivity index (χ1n) is 8.29. The fourth-order valence-electron chi connectivity index (χ4n) is 2.17. The molecule has 2 aromatic rings. The molecule has 0 spiro atoms. The number of ether oxygens (including phenoxy) is 1. The van der Waals surface area contributed by atoms with Crippen molar-refractivity contribution in [2.24, 2.45) is 5.41 Å². The molecule has 0 saturated heterocycles. The molecule has 5 nitrogen and oxygen atoms in total. The third-order valence-electron chi connectivity index (χ3n) is 3.44. The van der Waals surface area contributed by atoms with Crippen LogP contribution in [0.2, 0.25) is 5.02 Å². The lowest BCUT2D eigenvalue weighted by atomic mass is 9.92. The summed E-state index contributed by atoms with van der Waals surface area (Å²) in [5, 5.41) is 0.655. The molecule has 0 unspecified atom stereocenters. The summed E-state index contributed by atoms with van der Waals surface area (Å²) in [5.74, 6) is 0.133. The smallest absolute Gasteiger partial charge is 0.269 e. The lowest BCUT2D eigenvalue weighted by molar-refractivity contribution is -0.123. The number of rotatable bonds is 5. The molecule has 0 aliphatic rings. The SMILES string of the molecule is CC(C)(C)CC(=O)NNC(=O)c1ccc(COc2ccc(Cl)cc2)cc1. The number of benzene rings is 2. The van der Waals surface area contributed by atoms with E-state index in [2.05, 4.69) is 10.9 Å². The second-order valence-corrected chi connectivity index (χ2v) is 7.62. The monoisotopic (exact) mass is 374 g/mol. The van der Waals surface area contributed by atoms with Crippen molar-refractivity contribution in [3.63, 3.8) is 0 Å². The van der Waals surface area contributed by atoms with Crippen LogP contribution in [0.25, 0.3) is 0 Å². The fraction of sp³-hybridized carbons (Fsp3) is 0.300. The standard InChI is InChI=1S/C20H23ClN2O3/c1-20(2,3)12-18(24)22-23-19(25)15-6-4-14(5-7-15)13-26-17-10-8-16(21)9-11-17/h4-11H,12-13H2,1-3H3,(H,22,24)(H,23,25). The van der Waals surface area contributed by atoms with E-state index >= 15 is 0 Å². The van der Waals surface area contributed by atoms with Crippen LogP contribution in [0.4, 0.5) is 0 Å². The number of hydrogen-bond donors (Lipinski definition) is 2. The summed E-state index contributed by atoms with van der Waals surface area (Å²) in [4.78, 5) is 23.8. The average Bonchev–Trinajstić information content (AvgIpc) is 2.58. The van der Waals surface area contributed by atoms with Gasteiger partial charge in [0, 0.05) is 17.0 Å². The highest BCUT2D eigenvalue weighted by atomic mass is 35.5. The van der Waals surface area contributed by atoms with Crippen LogP contribution in [-0.2, 0) is 11.4 Å². The van der Waals surface area contributed by atoms with E-state index in [1.807, 2.05) is 32.9 Å². The normalized spacial score (nSPS) is 10.9. The van der Waals surface area contributed by atoms with Crippen LogP contribution in [0.3, 0.4) is 0 Å². The Hall–Kier alpha value is -2.53. The first-order chi connectivity index (χ1) is 12.2. The van der Waals surface area contributed by atoms with Crippen molar-refractivity contribution in [1.29, 1.82) is 0 Å². The molecule has 0 aliphatic heterocycles. The number of halogens is 1. The minimum Gasteiger partial charge on any atom is -0.489 e. The molecule has 26 heavy (non-hydrogen) atoms. The van der Waals surface area contributed by atoms with Gasteiger partial charge in [0.05, 0.1) is 0 Å². The fourth-order valence-corrected chi connectivity index (χ4v) is 2.30. The van der Waals surface area contributed by atoms with Crippen LogP contribution in [0.15, 0.2) is 48.5 Å². The summed E-state index contributed by atoms with van der Waals surface area (Å²) in [7, 11) is 0. The molecule has 0 radical (unpaired) electrons. The molecule has 2 N–H and O–H groups in total. The first kappa shape index (κ1) is 19.8. The van der Waals surface area contributed by atoms with Crippen LogP contribution in [-0.4, -0.2) is 11.8 Å². The van der Waals surface area contributed by atoms with Gasteiger partial charge in [-0.05, 0) is 47.4 Å². The van der Waals surface area contributed by atoms with E-state index in [1.165, 1.54) is 0 Å². The molecule has 0 bridgehead atoms. The molecule has 0 fully saturated rings. The second-order valence-electron chi connectivity index (χ2n) is 7.18. The number of hydrogen-bond acceptors (Lipinski definition) is 3. The number of carbonyl (C=O) groups excluding carboxylic acids is 2. The Balaban J connectivity index is 1.83. The molecule has 0 aromatic heterocycles. The lowest BCUT2D eigenvalue weighted by Gasteiger charge is -2.17. The Morgan fingerprint density at radius 1 is 0.962 bits per heavy atom. The summed E-state index contributed by atoms with van der Waals surface area (Å²) >= 11 is 5.83. The van der Waals surface area contributed by atoms with Gasteiger partial charge in [0.1, 0.15) is 12.4 Å². The highest BCUT2D eigenvalue weighted by Gasteiger charge is 2.16. The van der Waals surface area contributed by atoms with Crippen LogP contribution in [0.5, 0.6) is 5.75 Å². The number of nitrogens with one attached hydrogen (secondary N) is 2. The molecular formula is C20H23ClN2O3. The van der Waals surface area contributed by atoms with Crippen molar-refractivity contribution in [1.82, 2.24) is 10.9 Å². The van der Waals surface area contributed by atoms with Gasteiger partial charge in [-0.15, -0.1) is 0 Å². The van der Waals surface area contributed by atoms with Crippen LogP contribution in [0.1, 0.15) is 43.1 Å². The van der Waals surface area contributed by atoms with E-state index in [-0.39, 0.29) is 17.2 Å². The molecule has 6 heteroatoms. The van der Waals surface area contributed by atoms with Gasteiger partial charge < -0.3 is 4.74 Å². The van der Waals surface area contributed by atoms with Crippen molar-refractivity contribution in [2.75, 3.05) is 0 Å². The van der Waals surface area contributed by atoms with Gasteiger partial charge in [0.2, 0.25) is 5.91 Å². The molecule has 0 aliphatic carbocycles. The molecular weight excluding hydrogens is 352 g/mol. The third-order valence-corrected chi connectivity index (χ3v) is 3.69. The summed E-state index contributed by atoms with van der Waals surface area (Å²) in [6.07, 6.45) is 0.328. The maximum atomic E-state index is 12.1. The highest BCUT2D eigenvalue weighted by Crippen LogP contribution is 2.18. The predicted octanol–water partition coefficient (Wildman–Crippen LogP) is 4.12. The Morgan fingerprint density at radius 3 is 2.15 bits per heavy atom. The van der Waals surface area contributed by atoms with E-state index in [0.29, 0.717) is 23.6 Å². The Morgan fingerprint density at radius 2 is 1.58 bits per heavy atom. The summed E-state index contributed by atoms with van der Waals surface area (Å²) < 4.78 is 5.66. The van der Waals surface area contributed by atoms with E-state index in [1.54, 1.807) is 36.4 Å². The zero-order valence-electron chi connectivity index (χ0n) is 15.1. The molecule has 2 aromatic carbocycles. The van der Waals surface area contributed by atoms with E-state index in [9.17, 15) is 9.59 Å².